The second kappa shape index (κ2) is 9.78. The number of nitrogens with zero attached hydrogens (tertiary/aromatic N) is 2. The minimum absolute atomic E-state index is 0.121. The van der Waals surface area contributed by atoms with Crippen molar-refractivity contribution in [3.05, 3.63) is 88.5 Å². The third kappa shape index (κ3) is 4.49. The summed E-state index contributed by atoms with van der Waals surface area (Å²) in [4.78, 5) is 18.5. The standard InChI is InChI=1S/C30H27BrN2O3/c1-18(34)36-17-20-15-26-24(27-13-11-22(16-32-27)33(2)3)5-4-6-25(26)30-28(35)14-12-23(29(20)30)19-7-9-21(31)10-8-19/h4-14,16,20,35H,15,17H2,1-3H3. The number of ether oxygens (including phenoxy) is 1. The highest BCUT2D eigenvalue weighted by atomic mass is 79.9. The third-order valence-corrected chi connectivity index (χ3v) is 7.24. The molecule has 0 spiro atoms. The molecule has 0 fully saturated rings. The molecule has 1 unspecified atom stereocenters. The number of carbonyl (C=O) groups excluding carboxylic acids is 1. The number of phenols is 1. The number of benzene rings is 3. The lowest BCUT2D eigenvalue weighted by Crippen LogP contribution is -2.20. The number of halogens is 1. The van der Waals surface area contributed by atoms with E-state index in [4.69, 9.17) is 9.72 Å². The molecule has 0 aliphatic heterocycles. The smallest absolute Gasteiger partial charge is 0.302 e. The van der Waals surface area contributed by atoms with E-state index in [-0.39, 0.29) is 24.2 Å². The second-order valence-corrected chi connectivity index (χ2v) is 10.2. The normalized spacial score (nSPS) is 14.1. The van der Waals surface area contributed by atoms with E-state index in [1.165, 1.54) is 6.92 Å². The van der Waals surface area contributed by atoms with Crippen LogP contribution in [0.2, 0.25) is 0 Å². The number of hydrogen-bond acceptors (Lipinski definition) is 5. The summed E-state index contributed by atoms with van der Waals surface area (Å²) in [7, 11) is 3.98. The molecule has 5 rings (SSSR count). The summed E-state index contributed by atoms with van der Waals surface area (Å²) in [6, 6.07) is 22.1. The van der Waals surface area contributed by atoms with Gasteiger partial charge in [-0.25, -0.2) is 0 Å². The molecule has 3 aromatic carbocycles. The molecule has 1 N–H and O–H groups in total. The molecule has 0 saturated heterocycles. The Hall–Kier alpha value is -3.64. The molecule has 1 aromatic heterocycles. The summed E-state index contributed by atoms with van der Waals surface area (Å²) >= 11 is 3.51. The van der Waals surface area contributed by atoms with Crippen LogP contribution in [-0.2, 0) is 16.0 Å². The van der Waals surface area contributed by atoms with Crippen molar-refractivity contribution in [2.45, 2.75) is 19.3 Å². The first-order valence-corrected chi connectivity index (χ1v) is 12.6. The number of aromatic hydroxyl groups is 1. The van der Waals surface area contributed by atoms with Crippen molar-refractivity contribution in [3.63, 3.8) is 0 Å². The molecule has 0 amide bonds. The zero-order valence-corrected chi connectivity index (χ0v) is 22.0. The minimum Gasteiger partial charge on any atom is -0.507 e. The van der Waals surface area contributed by atoms with Crippen LogP contribution in [0.15, 0.2) is 77.4 Å². The molecule has 0 saturated carbocycles. The number of anilines is 1. The first-order valence-electron chi connectivity index (χ1n) is 11.8. The van der Waals surface area contributed by atoms with Gasteiger partial charge in [0, 0.05) is 42.5 Å². The van der Waals surface area contributed by atoms with Crippen LogP contribution < -0.4 is 4.90 Å². The number of esters is 1. The van der Waals surface area contributed by atoms with Crippen LogP contribution >= 0.6 is 15.9 Å². The Morgan fingerprint density at radius 2 is 1.78 bits per heavy atom. The molecule has 0 radical (unpaired) electrons. The van der Waals surface area contributed by atoms with Crippen molar-refractivity contribution in [3.8, 4) is 39.3 Å². The zero-order valence-electron chi connectivity index (χ0n) is 20.5. The lowest BCUT2D eigenvalue weighted by molar-refractivity contribution is -0.141. The Labute approximate surface area is 219 Å². The van der Waals surface area contributed by atoms with Crippen molar-refractivity contribution in [2.24, 2.45) is 0 Å². The predicted octanol–water partition coefficient (Wildman–Crippen LogP) is 6.82. The third-order valence-electron chi connectivity index (χ3n) is 6.71. The highest BCUT2D eigenvalue weighted by Crippen LogP contribution is 2.50. The van der Waals surface area contributed by atoms with Gasteiger partial charge in [0.2, 0.25) is 0 Å². The quantitative estimate of drug-likeness (QED) is 0.280. The Bertz CT molecular complexity index is 1430. The summed E-state index contributed by atoms with van der Waals surface area (Å²) < 4.78 is 6.54. The van der Waals surface area contributed by atoms with E-state index in [0.29, 0.717) is 6.42 Å². The van der Waals surface area contributed by atoms with Gasteiger partial charge >= 0.3 is 5.97 Å². The fourth-order valence-corrected chi connectivity index (χ4v) is 5.26. The average Bonchev–Trinajstić information content (AvgIpc) is 2.87. The van der Waals surface area contributed by atoms with Crippen LogP contribution in [0.5, 0.6) is 5.75 Å². The summed E-state index contributed by atoms with van der Waals surface area (Å²) in [5.74, 6) is -0.223. The number of hydrogen-bond donors (Lipinski definition) is 1. The van der Waals surface area contributed by atoms with Crippen LogP contribution in [0.3, 0.4) is 0 Å². The van der Waals surface area contributed by atoms with Gasteiger partial charge in [0.05, 0.1) is 24.2 Å². The van der Waals surface area contributed by atoms with Crippen molar-refractivity contribution >= 4 is 27.6 Å². The summed E-state index contributed by atoms with van der Waals surface area (Å²) in [6.45, 7) is 1.66. The Morgan fingerprint density at radius 1 is 1.03 bits per heavy atom. The lowest BCUT2D eigenvalue weighted by Gasteiger charge is -2.31. The van der Waals surface area contributed by atoms with Gasteiger partial charge in [0.1, 0.15) is 5.75 Å². The van der Waals surface area contributed by atoms with Crippen molar-refractivity contribution in [1.29, 1.82) is 0 Å². The zero-order chi connectivity index (χ0) is 25.4. The van der Waals surface area contributed by atoms with Gasteiger partial charge in [-0.15, -0.1) is 0 Å². The maximum atomic E-state index is 11.8. The SMILES string of the molecule is CC(=O)OCC1Cc2c(-c3ccc(N(C)C)cn3)cccc2-c2c(O)ccc(-c3ccc(Br)cc3)c21. The highest BCUT2D eigenvalue weighted by Gasteiger charge is 2.32. The Morgan fingerprint density at radius 3 is 2.44 bits per heavy atom. The minimum atomic E-state index is -0.318. The number of carbonyl (C=O) groups is 1. The number of rotatable bonds is 5. The van der Waals surface area contributed by atoms with Crippen LogP contribution in [0.25, 0.3) is 33.5 Å². The average molecular weight is 543 g/mol. The predicted molar refractivity (Wildman–Crippen MR) is 147 cm³/mol. The molecule has 1 aliphatic rings. The fraction of sp³-hybridized carbons (Fsp3) is 0.200. The number of phenolic OH excluding ortho intramolecular Hbond substituents is 1. The monoisotopic (exact) mass is 542 g/mol. The van der Waals surface area contributed by atoms with E-state index < -0.39 is 0 Å². The highest BCUT2D eigenvalue weighted by molar-refractivity contribution is 9.10. The maximum Gasteiger partial charge on any atom is 0.302 e. The van der Waals surface area contributed by atoms with Crippen LogP contribution in [0, 0.1) is 0 Å². The van der Waals surface area contributed by atoms with Gasteiger partial charge in [0.25, 0.3) is 0 Å². The number of aromatic nitrogens is 1. The maximum absolute atomic E-state index is 11.8. The van der Waals surface area contributed by atoms with Gasteiger partial charge in [0.15, 0.2) is 0 Å². The lowest BCUT2D eigenvalue weighted by atomic mass is 9.74. The summed E-state index contributed by atoms with van der Waals surface area (Å²) in [5.41, 5.74) is 8.85. The topological polar surface area (TPSA) is 62.7 Å². The molecule has 1 atom stereocenters. The molecule has 6 heteroatoms. The Balaban J connectivity index is 1.71. The van der Waals surface area contributed by atoms with Crippen LogP contribution in [0.1, 0.15) is 24.0 Å². The van der Waals surface area contributed by atoms with Gasteiger partial charge < -0.3 is 14.7 Å². The molecule has 4 aromatic rings. The molecule has 182 valence electrons. The number of fused-ring (bicyclic) bond motifs is 3. The molecular weight excluding hydrogens is 516 g/mol. The summed E-state index contributed by atoms with van der Waals surface area (Å²) in [6.07, 6.45) is 2.53. The Kier molecular flexibility index (Phi) is 6.54. The fourth-order valence-electron chi connectivity index (χ4n) is 5.00. The van der Waals surface area contributed by atoms with Crippen LogP contribution in [-0.4, -0.2) is 36.8 Å². The van der Waals surface area contributed by atoms with Gasteiger partial charge in [-0.1, -0.05) is 52.3 Å². The molecule has 5 nitrogen and oxygen atoms in total. The molecule has 0 bridgehead atoms. The van der Waals surface area contributed by atoms with Gasteiger partial charge in [-0.3, -0.25) is 9.78 Å². The van der Waals surface area contributed by atoms with E-state index >= 15 is 0 Å². The van der Waals surface area contributed by atoms with Crippen LogP contribution in [0.4, 0.5) is 5.69 Å². The van der Waals surface area contributed by atoms with E-state index in [0.717, 1.165) is 54.8 Å². The van der Waals surface area contributed by atoms with Gasteiger partial charge in [-0.2, -0.15) is 0 Å². The number of pyridine rings is 1. The second-order valence-electron chi connectivity index (χ2n) is 9.26. The molecular formula is C30H27BrN2O3. The molecule has 36 heavy (non-hydrogen) atoms. The first kappa shape index (κ1) is 24.1. The summed E-state index contributed by atoms with van der Waals surface area (Å²) in [5, 5.41) is 11.1. The van der Waals surface area contributed by atoms with Crippen molar-refractivity contribution in [1.82, 2.24) is 4.98 Å². The largest absolute Gasteiger partial charge is 0.507 e. The molecule has 1 heterocycles. The van der Waals surface area contributed by atoms with E-state index in [1.807, 2.05) is 55.5 Å². The van der Waals surface area contributed by atoms with Crippen molar-refractivity contribution in [2.75, 3.05) is 25.6 Å². The van der Waals surface area contributed by atoms with Crippen molar-refractivity contribution < 1.29 is 14.6 Å². The van der Waals surface area contributed by atoms with E-state index in [2.05, 4.69) is 46.3 Å². The van der Waals surface area contributed by atoms with E-state index in [9.17, 15) is 9.90 Å². The molecule has 1 aliphatic carbocycles. The van der Waals surface area contributed by atoms with E-state index in [1.54, 1.807) is 6.07 Å². The first-order chi connectivity index (χ1) is 17.3. The van der Waals surface area contributed by atoms with Gasteiger partial charge in [-0.05, 0) is 64.6 Å².